The van der Waals surface area contributed by atoms with Crippen molar-refractivity contribution < 1.29 is 115 Å². The third-order valence-corrected chi connectivity index (χ3v) is 30.0. The van der Waals surface area contributed by atoms with Gasteiger partial charge in [0.1, 0.15) is 0 Å². The zero-order chi connectivity index (χ0) is 97.8. The predicted molar refractivity (Wildman–Crippen MR) is 680 cm³/mol. The molecule has 0 aliphatic heterocycles. The van der Waals surface area contributed by atoms with Crippen molar-refractivity contribution in [2.75, 3.05) is 0 Å². The standard InChI is InChI=1S/2C17H18.2C15H14.C14H12.C10H16.4C9H14.14CH3.6ClH.5Zr/c2*1-3-12-11-13(4-2)17-15-8-6-5-7-14(15)9-10-16(12)17;2*1-2-11-7-9-13-10-8-12-5-3-4-6-14(12)15(11)13;1-10-6-7-12-9-8-11-4-2-3-5-13(11)14(10)12;1-6-7(2)9(4)10(5)8(6)3;4*1-6-5-7(2)9(4)8(6)3;;;;;;;;;;;;;;;;;;;;;;;;;/h2*5-11,13H,3-4H2,1-2H3;2*3-11H,2H2,1H3;2-10H,1H3;6H,1-5H3;4*5-6H,1-4H3;14*1H3;6*1H;;;;;/q;;;;;;;;;;14*-1;;;;;;;5*+4/p-6. The number of halogens is 6. The molecule has 10 aromatic rings. The molecule has 0 radical (unpaired) electrons. The molecule has 0 heterocycles. The summed E-state index contributed by atoms with van der Waals surface area (Å²) < 4.78 is 0. The number of hydrogen-bond acceptors (Lipinski definition) is 0. The molecule has 11 heteroatoms. The van der Waals surface area contributed by atoms with Crippen molar-refractivity contribution in [1.82, 2.24) is 0 Å². The summed E-state index contributed by atoms with van der Waals surface area (Å²) in [5, 5.41) is 13.9. The average Bonchev–Trinajstić information content (AvgIpc) is 1.63. The Morgan fingerprint density at radius 3 is 0.624 bits per heavy atom. The molecule has 0 fully saturated rings. The van der Waals surface area contributed by atoms with E-state index in [-0.39, 0.29) is 156 Å². The molecule has 0 bridgehead atoms. The first kappa shape index (κ1) is 162. The van der Waals surface area contributed by atoms with Crippen LogP contribution in [0, 0.1) is 134 Å². The van der Waals surface area contributed by atoms with E-state index in [0.717, 1.165) is 12.8 Å². The second-order valence-corrected chi connectivity index (χ2v) is 48.4. The quantitative estimate of drug-likeness (QED) is 0.146. The molecule has 804 valence electrons. The molecule has 10 aliphatic carbocycles. The summed E-state index contributed by atoms with van der Waals surface area (Å²) in [5.41, 5.74) is 41.9. The SMILES string of the molecule is CC1=C(C)C(C)C(C)=C1C.CC1=CC(C)C(C)=C1C.CC1=CC(C)C(C)=C1C.CC1=CC(C)C(C)=C1C.CC1=CC(C)C(C)=C1C.CC1C=Cc2ccc3ccccc3c21.CCC1=CC(CC)c2c1ccc1ccccc21.CCC1=CC(CC)c2c1ccc1ccccc21.CCC1C=Cc2ccc3ccccc3c21.CCC1C=Cc2ccc3ccccc3c21.[CH3-].[CH3-].[CH3-].[CH3-].[CH3-].[CH3-].[CH3-].[CH3-].[CH3-].[CH3-].[CH3-].[CH3-].[CH3-].[CH3-].[Cl][Zr+2][Cl].[Cl][Zr+2][Cl].[Cl][Zr+2][Cl].[Zr+4].[Zr+4]. The van der Waals surface area contributed by atoms with E-state index in [0.29, 0.717) is 59.2 Å². The fraction of sp³-hybridized carbons (Fsp3) is 0.319. The van der Waals surface area contributed by atoms with Gasteiger partial charge < -0.3 is 104 Å². The Bertz CT molecular complexity index is 5820. The number of fused-ring (bicyclic) bond motifs is 15. The van der Waals surface area contributed by atoms with E-state index in [1.807, 2.05) is 0 Å². The molecule has 0 amide bonds. The van der Waals surface area contributed by atoms with Crippen LogP contribution in [0.5, 0.6) is 0 Å². The third kappa shape index (κ3) is 41.8. The summed E-state index contributed by atoms with van der Waals surface area (Å²) in [4.78, 5) is 0. The van der Waals surface area contributed by atoms with Gasteiger partial charge in [0.2, 0.25) is 0 Å². The molecule has 0 spiro atoms. The van der Waals surface area contributed by atoms with Gasteiger partial charge in [-0.1, -0.05) is 394 Å². The monoisotopic (exact) mass is 2510 g/mol. The summed E-state index contributed by atoms with van der Waals surface area (Å²) in [6.07, 6.45) is 35.0. The van der Waals surface area contributed by atoms with Gasteiger partial charge in [-0.25, -0.2) is 0 Å². The van der Waals surface area contributed by atoms with Crippen LogP contribution >= 0.6 is 51.1 Å². The zero-order valence-electron chi connectivity index (χ0n) is 100. The first-order valence-corrected chi connectivity index (χ1v) is 67.4. The van der Waals surface area contributed by atoms with Crippen molar-refractivity contribution >= 4 is 134 Å². The molecule has 0 saturated carbocycles. The molecular weight excluding hydrogens is 2330 g/mol. The van der Waals surface area contributed by atoms with Gasteiger partial charge in [0, 0.05) is 29.6 Å². The van der Waals surface area contributed by atoms with Gasteiger partial charge in [0.15, 0.2) is 0 Å². The van der Waals surface area contributed by atoms with Crippen LogP contribution in [0.25, 0.3) is 83.2 Å². The molecular formula is C138H190Cl6Zr5. The van der Waals surface area contributed by atoms with Crippen molar-refractivity contribution in [3.8, 4) is 0 Å². The van der Waals surface area contributed by atoms with Crippen LogP contribution in [-0.4, -0.2) is 0 Å². The molecule has 10 aromatic carbocycles. The first-order chi connectivity index (χ1) is 63.6. The Balaban J connectivity index is -0.000000206. The number of rotatable bonds is 6. The maximum Gasteiger partial charge on any atom is 4.00 e. The molecule has 0 aromatic heterocycles. The van der Waals surface area contributed by atoms with Gasteiger partial charge in [-0.2, -0.15) is 0 Å². The number of benzene rings is 10. The normalized spacial score (nSPS) is 17.8. The Kier molecular flexibility index (Phi) is 87.7. The van der Waals surface area contributed by atoms with Gasteiger partial charge in [-0.05, 0) is 333 Å². The minimum absolute atomic E-state index is 0. The first-order valence-electron chi connectivity index (χ1n) is 48.4. The maximum absolute atomic E-state index is 4.93. The van der Waals surface area contributed by atoms with E-state index >= 15 is 0 Å². The zero-order valence-corrected chi connectivity index (χ0v) is 117. The fourth-order valence-corrected chi connectivity index (χ4v) is 20.1. The number of hydrogen-bond donors (Lipinski definition) is 0. The van der Waals surface area contributed by atoms with Crippen LogP contribution in [0.3, 0.4) is 0 Å². The Labute approximate surface area is 1010 Å². The molecule has 9 atom stereocenters. The van der Waals surface area contributed by atoms with Gasteiger partial charge in [0.25, 0.3) is 0 Å². The second kappa shape index (κ2) is 80.5. The van der Waals surface area contributed by atoms with Crippen LogP contribution in [0.15, 0.2) is 326 Å². The van der Waals surface area contributed by atoms with Crippen molar-refractivity contribution in [1.29, 1.82) is 0 Å². The Hall–Kier alpha value is -4.24. The minimum atomic E-state index is -0.826. The summed E-state index contributed by atoms with van der Waals surface area (Å²) >= 11 is -2.48. The minimum Gasteiger partial charge on any atom is 4.00 e. The summed E-state index contributed by atoms with van der Waals surface area (Å²) in [6.45, 7) is 62.4. The van der Waals surface area contributed by atoms with Gasteiger partial charge in [-0.3, -0.25) is 0 Å². The second-order valence-electron chi connectivity index (χ2n) is 37.2. The summed E-state index contributed by atoms with van der Waals surface area (Å²) in [6, 6.07) is 66.0. The van der Waals surface area contributed by atoms with Crippen molar-refractivity contribution in [3.05, 3.63) is 485 Å². The molecule has 20 rings (SSSR count). The van der Waals surface area contributed by atoms with E-state index in [4.69, 9.17) is 51.1 Å². The van der Waals surface area contributed by atoms with Crippen molar-refractivity contribution in [3.63, 3.8) is 0 Å². The topological polar surface area (TPSA) is 0 Å². The molecule has 10 aliphatic rings. The van der Waals surface area contributed by atoms with Gasteiger partial charge >= 0.3 is 166 Å². The van der Waals surface area contributed by atoms with Gasteiger partial charge in [-0.15, -0.1) is 0 Å². The largest absolute Gasteiger partial charge is 4.00 e. The van der Waals surface area contributed by atoms with Crippen LogP contribution in [0.1, 0.15) is 318 Å². The predicted octanol–water partition coefficient (Wildman–Crippen LogP) is 48.4. The Morgan fingerprint density at radius 2 is 0.430 bits per heavy atom. The number of allylic oxidation sites excluding steroid dienone is 27. The maximum atomic E-state index is 4.93. The van der Waals surface area contributed by atoms with Crippen LogP contribution in [0.2, 0.25) is 0 Å². The van der Waals surface area contributed by atoms with Crippen molar-refractivity contribution in [2.24, 2.45) is 29.6 Å². The van der Waals surface area contributed by atoms with Gasteiger partial charge in [0.05, 0.1) is 0 Å². The third-order valence-electron chi connectivity index (χ3n) is 30.0. The smallest absolute Gasteiger partial charge is 4.00 e. The summed E-state index contributed by atoms with van der Waals surface area (Å²) in [5.74, 6) is 6.47. The molecule has 149 heavy (non-hydrogen) atoms. The van der Waals surface area contributed by atoms with Crippen molar-refractivity contribution in [2.45, 2.75) is 262 Å². The molecule has 0 saturated heterocycles. The average molecular weight is 2520 g/mol. The fourth-order valence-electron chi connectivity index (χ4n) is 20.1. The van der Waals surface area contributed by atoms with Crippen LogP contribution in [0.4, 0.5) is 0 Å². The Morgan fingerprint density at radius 1 is 0.221 bits per heavy atom. The van der Waals surface area contributed by atoms with Crippen LogP contribution in [-0.2, 0) is 115 Å². The van der Waals surface area contributed by atoms with E-state index in [1.165, 1.54) is 213 Å². The molecule has 9 unspecified atom stereocenters. The van der Waals surface area contributed by atoms with E-state index in [1.54, 1.807) is 22.3 Å². The molecule has 0 N–H and O–H groups in total. The summed E-state index contributed by atoms with van der Waals surface area (Å²) in [7, 11) is 29.6. The van der Waals surface area contributed by atoms with E-state index < -0.39 is 62.5 Å². The van der Waals surface area contributed by atoms with Crippen LogP contribution < -0.4 is 0 Å². The van der Waals surface area contributed by atoms with E-state index in [9.17, 15) is 0 Å². The molecule has 0 nitrogen and oxygen atoms in total. The van der Waals surface area contributed by atoms with E-state index in [2.05, 4.69) is 449 Å².